The molecule has 180 valence electrons. The van der Waals surface area contributed by atoms with Crippen LogP contribution in [0.1, 0.15) is 17.1 Å². The molecule has 0 atom stereocenters. The molecule has 0 aliphatic carbocycles. The lowest BCUT2D eigenvalue weighted by molar-refractivity contribution is -0.118. The number of hydrogen-bond donors (Lipinski definition) is 3. The molecule has 0 spiro atoms. The molecule has 12 heteroatoms. The normalized spacial score (nSPS) is 10.8. The van der Waals surface area contributed by atoms with E-state index < -0.39 is 11.2 Å². The lowest BCUT2D eigenvalue weighted by Crippen LogP contribution is -2.25. The molecule has 0 aliphatic heterocycles. The molecule has 0 unspecified atom stereocenters. The predicted octanol–water partition coefficient (Wildman–Crippen LogP) is 2.31. The van der Waals surface area contributed by atoms with Crippen LogP contribution in [0.3, 0.4) is 0 Å². The van der Waals surface area contributed by atoms with Crippen LogP contribution in [-0.2, 0) is 17.8 Å². The Balaban J connectivity index is 1.55. The summed E-state index contributed by atoms with van der Waals surface area (Å²) >= 11 is 7.36. The first-order valence-corrected chi connectivity index (χ1v) is 11.8. The van der Waals surface area contributed by atoms with Crippen molar-refractivity contribution < 1.29 is 9.53 Å². The Kier molecular flexibility index (Phi) is 7.68. The lowest BCUT2D eigenvalue weighted by atomic mass is 10.2. The highest BCUT2D eigenvalue weighted by Gasteiger charge is 2.17. The number of ether oxygens (including phenoxy) is 1. The fraction of sp³-hybridized carbons (Fsp3) is 0.174. The van der Waals surface area contributed by atoms with Gasteiger partial charge in [-0.2, -0.15) is 0 Å². The summed E-state index contributed by atoms with van der Waals surface area (Å²) in [6.07, 6.45) is 0.150. The minimum Gasteiger partial charge on any atom is -0.497 e. The van der Waals surface area contributed by atoms with Gasteiger partial charge in [-0.25, -0.2) is 4.79 Å². The van der Waals surface area contributed by atoms with Gasteiger partial charge in [0.2, 0.25) is 5.91 Å². The third-order valence-electron chi connectivity index (χ3n) is 4.96. The Hall–Kier alpha value is -3.83. The van der Waals surface area contributed by atoms with Crippen LogP contribution >= 0.6 is 23.4 Å². The molecule has 0 fully saturated rings. The molecule has 3 N–H and O–H groups in total. The maximum absolute atomic E-state index is 12.5. The van der Waals surface area contributed by atoms with E-state index in [9.17, 15) is 14.4 Å². The highest BCUT2D eigenvalue weighted by molar-refractivity contribution is 7.99. The molecular weight excluding hydrogens is 492 g/mol. The van der Waals surface area contributed by atoms with Crippen LogP contribution in [0.15, 0.2) is 69.3 Å². The number of amides is 1. The molecule has 0 bridgehead atoms. The number of aromatic amines is 2. The Morgan fingerprint density at radius 3 is 2.60 bits per heavy atom. The molecule has 2 aromatic heterocycles. The number of benzene rings is 2. The lowest BCUT2D eigenvalue weighted by Gasteiger charge is -2.11. The average molecular weight is 513 g/mol. The molecule has 4 aromatic rings. The maximum atomic E-state index is 12.5. The highest BCUT2D eigenvalue weighted by atomic mass is 35.5. The van der Waals surface area contributed by atoms with Crippen LogP contribution < -0.4 is 21.3 Å². The number of methoxy groups -OCH3 is 1. The Morgan fingerprint density at radius 1 is 1.11 bits per heavy atom. The van der Waals surface area contributed by atoms with Crippen molar-refractivity contribution in [3.05, 3.63) is 97.5 Å². The van der Waals surface area contributed by atoms with Crippen molar-refractivity contribution in [2.45, 2.75) is 18.1 Å². The van der Waals surface area contributed by atoms with Crippen molar-refractivity contribution in [1.82, 2.24) is 30.0 Å². The Morgan fingerprint density at radius 2 is 1.89 bits per heavy atom. The Bertz CT molecular complexity index is 1420. The fourth-order valence-corrected chi connectivity index (χ4v) is 4.30. The van der Waals surface area contributed by atoms with Crippen molar-refractivity contribution in [2.75, 3.05) is 12.9 Å². The minimum absolute atomic E-state index is 0.0978. The van der Waals surface area contributed by atoms with E-state index in [2.05, 4.69) is 25.5 Å². The number of H-pyrrole nitrogens is 2. The van der Waals surface area contributed by atoms with Gasteiger partial charge in [-0.3, -0.25) is 19.1 Å². The molecule has 10 nitrogen and oxygen atoms in total. The monoisotopic (exact) mass is 512 g/mol. The van der Waals surface area contributed by atoms with Gasteiger partial charge >= 0.3 is 5.69 Å². The molecule has 0 saturated carbocycles. The number of nitrogens with one attached hydrogen (secondary N) is 3. The summed E-state index contributed by atoms with van der Waals surface area (Å²) in [5.74, 6) is 1.06. The highest BCUT2D eigenvalue weighted by Crippen LogP contribution is 2.24. The van der Waals surface area contributed by atoms with Crippen molar-refractivity contribution in [3.63, 3.8) is 0 Å². The number of carbonyl (C=O) groups excluding carboxylic acids is 1. The summed E-state index contributed by atoms with van der Waals surface area (Å²) < 4.78 is 7.00. The zero-order valence-corrected chi connectivity index (χ0v) is 20.2. The second kappa shape index (κ2) is 11.1. The van der Waals surface area contributed by atoms with E-state index in [1.165, 1.54) is 17.8 Å². The van der Waals surface area contributed by atoms with Crippen LogP contribution in [0.5, 0.6) is 5.75 Å². The van der Waals surface area contributed by atoms with E-state index in [0.717, 1.165) is 11.3 Å². The van der Waals surface area contributed by atoms with Crippen molar-refractivity contribution in [1.29, 1.82) is 0 Å². The number of hydrogen-bond acceptors (Lipinski definition) is 7. The van der Waals surface area contributed by atoms with Crippen LogP contribution in [0.4, 0.5) is 0 Å². The van der Waals surface area contributed by atoms with Gasteiger partial charge in [0, 0.05) is 35.4 Å². The van der Waals surface area contributed by atoms with Crippen LogP contribution in [0, 0.1) is 0 Å². The number of nitrogens with zero attached hydrogens (tertiary/aromatic N) is 3. The maximum Gasteiger partial charge on any atom is 0.325 e. The second-order valence-corrected chi connectivity index (χ2v) is 8.73. The number of rotatable bonds is 9. The molecule has 0 aliphatic rings. The van der Waals surface area contributed by atoms with Crippen molar-refractivity contribution in [2.24, 2.45) is 0 Å². The quantitative estimate of drug-likeness (QED) is 0.293. The molecule has 0 saturated heterocycles. The summed E-state index contributed by atoms with van der Waals surface area (Å²) in [6.45, 7) is 0.311. The standard InChI is InChI=1S/C23H21ClN6O4S/c1-34-17-8-6-16(7-9-17)30-19(10-15-11-20(31)27-22(33)26-15)28-29-23(30)35-13-21(32)25-12-14-4-2-3-5-18(14)24/h2-9,11H,10,12-13H2,1H3,(H,25,32)(H2,26,27,31,33). The van der Waals surface area contributed by atoms with Gasteiger partial charge < -0.3 is 15.0 Å². The van der Waals surface area contributed by atoms with Gasteiger partial charge in [0.25, 0.3) is 5.56 Å². The minimum atomic E-state index is -0.604. The van der Waals surface area contributed by atoms with Gasteiger partial charge in [0.15, 0.2) is 5.16 Å². The largest absolute Gasteiger partial charge is 0.497 e. The molecule has 2 heterocycles. The fourth-order valence-electron chi connectivity index (χ4n) is 3.30. The molecular formula is C23H21ClN6O4S. The van der Waals surface area contributed by atoms with Crippen LogP contribution in [-0.4, -0.2) is 43.5 Å². The molecule has 4 rings (SSSR count). The molecule has 0 radical (unpaired) electrons. The first-order chi connectivity index (χ1) is 16.9. The molecule has 2 aromatic carbocycles. The van der Waals surface area contributed by atoms with Gasteiger partial charge in [0.1, 0.15) is 11.6 Å². The van der Waals surface area contributed by atoms with E-state index in [1.54, 1.807) is 29.9 Å². The predicted molar refractivity (Wildman–Crippen MR) is 132 cm³/mol. The Labute approximate surface area is 208 Å². The zero-order chi connectivity index (χ0) is 24.8. The summed E-state index contributed by atoms with van der Waals surface area (Å²) in [7, 11) is 1.57. The first-order valence-electron chi connectivity index (χ1n) is 10.5. The van der Waals surface area contributed by atoms with Crippen LogP contribution in [0.2, 0.25) is 5.02 Å². The molecule has 35 heavy (non-hydrogen) atoms. The van der Waals surface area contributed by atoms with Crippen molar-refractivity contribution in [3.8, 4) is 11.4 Å². The van der Waals surface area contributed by atoms with Gasteiger partial charge in [-0.1, -0.05) is 41.6 Å². The number of halogens is 1. The van der Waals surface area contributed by atoms with Crippen LogP contribution in [0.25, 0.3) is 5.69 Å². The van der Waals surface area contributed by atoms with E-state index in [-0.39, 0.29) is 18.1 Å². The van der Waals surface area contributed by atoms with Gasteiger partial charge in [0.05, 0.1) is 12.9 Å². The van der Waals surface area contributed by atoms with E-state index >= 15 is 0 Å². The third kappa shape index (κ3) is 6.19. The number of thioether (sulfide) groups is 1. The second-order valence-electron chi connectivity index (χ2n) is 7.38. The smallest absolute Gasteiger partial charge is 0.325 e. The number of aromatic nitrogens is 5. The summed E-state index contributed by atoms with van der Waals surface area (Å²) in [5.41, 5.74) is 0.826. The first kappa shape index (κ1) is 24.3. The van der Waals surface area contributed by atoms with Crippen molar-refractivity contribution >= 4 is 29.3 Å². The summed E-state index contributed by atoms with van der Waals surface area (Å²) in [4.78, 5) is 40.6. The average Bonchev–Trinajstić information content (AvgIpc) is 3.23. The van der Waals surface area contributed by atoms with Gasteiger partial charge in [-0.15, -0.1) is 10.2 Å². The van der Waals surface area contributed by atoms with E-state index in [0.29, 0.717) is 34.0 Å². The SMILES string of the molecule is COc1ccc(-n2c(Cc3cc(=O)[nH]c(=O)[nH]3)nnc2SCC(=O)NCc2ccccc2Cl)cc1. The van der Waals surface area contributed by atoms with E-state index in [4.69, 9.17) is 16.3 Å². The molecule has 1 amide bonds. The third-order valence-corrected chi connectivity index (χ3v) is 6.26. The van der Waals surface area contributed by atoms with Gasteiger partial charge in [-0.05, 0) is 35.9 Å². The summed E-state index contributed by atoms with van der Waals surface area (Å²) in [5, 5.41) is 12.4. The summed E-state index contributed by atoms with van der Waals surface area (Å²) in [6, 6.07) is 15.8. The number of carbonyl (C=O) groups is 1. The topological polar surface area (TPSA) is 135 Å². The zero-order valence-electron chi connectivity index (χ0n) is 18.6. The van der Waals surface area contributed by atoms with E-state index in [1.807, 2.05) is 30.3 Å².